The van der Waals surface area contributed by atoms with Crippen molar-refractivity contribution in [1.82, 2.24) is 9.55 Å². The first-order valence-corrected chi connectivity index (χ1v) is 7.59. The van der Waals surface area contributed by atoms with Crippen LogP contribution < -0.4 is 4.74 Å². The summed E-state index contributed by atoms with van der Waals surface area (Å²) in [6.07, 6.45) is 5.27. The van der Waals surface area contributed by atoms with Crippen molar-refractivity contribution in [2.75, 3.05) is 7.11 Å². The highest BCUT2D eigenvalue weighted by molar-refractivity contribution is 9.10. The Kier molecular flexibility index (Phi) is 4.44. The third-order valence-electron chi connectivity index (χ3n) is 3.82. The SMILES string of the molecule is COc1ccc(Br)cc1C(O)(Cn1ccnc1)C(C)(C)C. The molecule has 1 unspecified atom stereocenters. The van der Waals surface area contributed by atoms with Gasteiger partial charge in [0.1, 0.15) is 11.4 Å². The highest BCUT2D eigenvalue weighted by Crippen LogP contribution is 2.45. The van der Waals surface area contributed by atoms with Crippen LogP contribution in [0.5, 0.6) is 5.75 Å². The van der Waals surface area contributed by atoms with E-state index in [1.807, 2.05) is 49.7 Å². The Bertz CT molecular complexity index is 605. The molecule has 1 N–H and O–H groups in total. The number of benzene rings is 1. The molecule has 4 nitrogen and oxygen atoms in total. The molecule has 0 aliphatic carbocycles. The first-order valence-electron chi connectivity index (χ1n) is 6.80. The summed E-state index contributed by atoms with van der Waals surface area (Å²) in [5.74, 6) is 0.677. The van der Waals surface area contributed by atoms with Gasteiger partial charge < -0.3 is 14.4 Å². The van der Waals surface area contributed by atoms with Gasteiger partial charge in [-0.05, 0) is 23.6 Å². The van der Waals surface area contributed by atoms with Gasteiger partial charge in [0.25, 0.3) is 0 Å². The maximum atomic E-state index is 11.5. The number of ether oxygens (including phenoxy) is 1. The zero-order valence-corrected chi connectivity index (χ0v) is 14.4. The number of methoxy groups -OCH3 is 1. The standard InChI is InChI=1S/C16H21BrN2O2/c1-15(2,3)16(20,10-19-8-7-18-11-19)13-9-12(17)5-6-14(13)21-4/h5-9,11,20H,10H2,1-4H3. The van der Waals surface area contributed by atoms with Crippen LogP contribution in [0.15, 0.2) is 41.4 Å². The molecule has 0 fully saturated rings. The van der Waals surface area contributed by atoms with Crippen LogP contribution in [0.25, 0.3) is 0 Å². The second kappa shape index (κ2) is 5.81. The van der Waals surface area contributed by atoms with Crippen molar-refractivity contribution >= 4 is 15.9 Å². The van der Waals surface area contributed by atoms with Crippen LogP contribution in [-0.2, 0) is 12.1 Å². The quantitative estimate of drug-likeness (QED) is 0.914. The number of aliphatic hydroxyl groups is 1. The summed E-state index contributed by atoms with van der Waals surface area (Å²) in [4.78, 5) is 4.05. The van der Waals surface area contributed by atoms with Gasteiger partial charge in [0.15, 0.2) is 0 Å². The second-order valence-corrected chi connectivity index (χ2v) is 7.11. The normalized spacial score (nSPS) is 14.8. The summed E-state index contributed by atoms with van der Waals surface area (Å²) in [5.41, 5.74) is -0.714. The molecule has 1 atom stereocenters. The van der Waals surface area contributed by atoms with Gasteiger partial charge in [-0.1, -0.05) is 36.7 Å². The monoisotopic (exact) mass is 352 g/mol. The molecular weight excluding hydrogens is 332 g/mol. The van der Waals surface area contributed by atoms with Crippen molar-refractivity contribution in [3.63, 3.8) is 0 Å². The predicted molar refractivity (Wildman–Crippen MR) is 86.3 cm³/mol. The Labute approximate surface area is 133 Å². The van der Waals surface area contributed by atoms with E-state index in [1.165, 1.54) is 0 Å². The molecule has 0 saturated heterocycles. The van der Waals surface area contributed by atoms with Crippen LogP contribution in [0.1, 0.15) is 26.3 Å². The van der Waals surface area contributed by atoms with Gasteiger partial charge in [0.05, 0.1) is 20.0 Å². The van der Waals surface area contributed by atoms with Crippen LogP contribution in [0.2, 0.25) is 0 Å². The van der Waals surface area contributed by atoms with Crippen molar-refractivity contribution in [2.24, 2.45) is 5.41 Å². The van der Waals surface area contributed by atoms with Crippen LogP contribution in [0, 0.1) is 5.41 Å². The van der Waals surface area contributed by atoms with E-state index < -0.39 is 5.60 Å². The van der Waals surface area contributed by atoms with Gasteiger partial charge in [-0.25, -0.2) is 4.98 Å². The van der Waals surface area contributed by atoms with E-state index in [9.17, 15) is 5.11 Å². The number of hydrogen-bond donors (Lipinski definition) is 1. The lowest BCUT2D eigenvalue weighted by molar-refractivity contribution is -0.0795. The Balaban J connectivity index is 2.57. The molecule has 0 aliphatic rings. The Morgan fingerprint density at radius 2 is 2.05 bits per heavy atom. The van der Waals surface area contributed by atoms with Crippen molar-refractivity contribution < 1.29 is 9.84 Å². The maximum Gasteiger partial charge on any atom is 0.125 e. The molecule has 0 saturated carbocycles. The molecule has 0 radical (unpaired) electrons. The van der Waals surface area contributed by atoms with Crippen molar-refractivity contribution in [3.8, 4) is 5.75 Å². The summed E-state index contributed by atoms with van der Waals surface area (Å²) >= 11 is 3.48. The topological polar surface area (TPSA) is 47.3 Å². The van der Waals surface area contributed by atoms with Crippen molar-refractivity contribution in [3.05, 3.63) is 47.0 Å². The number of nitrogens with zero attached hydrogens (tertiary/aromatic N) is 2. The van der Waals surface area contributed by atoms with Crippen LogP contribution in [0.3, 0.4) is 0 Å². The predicted octanol–water partition coefficient (Wildman–Crippen LogP) is 3.59. The lowest BCUT2D eigenvalue weighted by Crippen LogP contribution is -2.43. The van der Waals surface area contributed by atoms with E-state index in [0.29, 0.717) is 12.3 Å². The average molecular weight is 353 g/mol. The maximum absolute atomic E-state index is 11.5. The van der Waals surface area contributed by atoms with E-state index in [-0.39, 0.29) is 5.41 Å². The van der Waals surface area contributed by atoms with E-state index in [2.05, 4.69) is 20.9 Å². The highest BCUT2D eigenvalue weighted by atomic mass is 79.9. The van der Waals surface area contributed by atoms with Gasteiger partial charge in [-0.2, -0.15) is 0 Å². The summed E-state index contributed by atoms with van der Waals surface area (Å²) in [6, 6.07) is 5.69. The number of imidazole rings is 1. The minimum absolute atomic E-state index is 0.384. The lowest BCUT2D eigenvalue weighted by Gasteiger charge is -2.41. The van der Waals surface area contributed by atoms with Crippen LogP contribution in [-0.4, -0.2) is 21.8 Å². The van der Waals surface area contributed by atoms with Crippen LogP contribution >= 0.6 is 15.9 Å². The van der Waals surface area contributed by atoms with E-state index in [4.69, 9.17) is 4.74 Å². The minimum Gasteiger partial charge on any atom is -0.496 e. The molecule has 1 aromatic carbocycles. The Hall–Kier alpha value is -1.33. The number of aromatic nitrogens is 2. The third-order valence-corrected chi connectivity index (χ3v) is 4.31. The minimum atomic E-state index is -1.09. The zero-order valence-electron chi connectivity index (χ0n) is 12.8. The lowest BCUT2D eigenvalue weighted by atomic mass is 9.71. The third kappa shape index (κ3) is 3.14. The molecule has 2 aromatic rings. The summed E-state index contributed by atoms with van der Waals surface area (Å²) in [5, 5.41) is 11.5. The van der Waals surface area contributed by atoms with E-state index in [1.54, 1.807) is 19.6 Å². The first-order chi connectivity index (χ1) is 9.78. The molecule has 0 aliphatic heterocycles. The number of rotatable bonds is 4. The van der Waals surface area contributed by atoms with Crippen molar-refractivity contribution in [1.29, 1.82) is 0 Å². The Morgan fingerprint density at radius 1 is 1.33 bits per heavy atom. The molecule has 21 heavy (non-hydrogen) atoms. The van der Waals surface area contributed by atoms with Crippen molar-refractivity contribution in [2.45, 2.75) is 32.9 Å². The van der Waals surface area contributed by atoms with Gasteiger partial charge in [-0.15, -0.1) is 0 Å². The summed E-state index contributed by atoms with van der Waals surface area (Å²) in [6.45, 7) is 6.46. The molecule has 0 bridgehead atoms. The smallest absolute Gasteiger partial charge is 0.125 e. The largest absolute Gasteiger partial charge is 0.496 e. The number of hydrogen-bond acceptors (Lipinski definition) is 3. The summed E-state index contributed by atoms with van der Waals surface area (Å²) < 4.78 is 8.24. The molecule has 0 spiro atoms. The fourth-order valence-electron chi connectivity index (χ4n) is 2.37. The van der Waals surface area contributed by atoms with Gasteiger partial charge >= 0.3 is 0 Å². The van der Waals surface area contributed by atoms with Gasteiger partial charge in [-0.3, -0.25) is 0 Å². The first kappa shape index (κ1) is 16.0. The van der Waals surface area contributed by atoms with Gasteiger partial charge in [0, 0.05) is 22.4 Å². The molecule has 1 heterocycles. The fourth-order valence-corrected chi connectivity index (χ4v) is 2.74. The van der Waals surface area contributed by atoms with E-state index in [0.717, 1.165) is 10.0 Å². The second-order valence-electron chi connectivity index (χ2n) is 6.19. The molecular formula is C16H21BrN2O2. The average Bonchev–Trinajstić information content (AvgIpc) is 2.90. The van der Waals surface area contributed by atoms with Crippen LogP contribution in [0.4, 0.5) is 0 Å². The number of halogens is 1. The fraction of sp³-hybridized carbons (Fsp3) is 0.438. The molecule has 0 amide bonds. The summed E-state index contributed by atoms with van der Waals surface area (Å²) in [7, 11) is 1.62. The Morgan fingerprint density at radius 3 is 2.57 bits per heavy atom. The highest BCUT2D eigenvalue weighted by Gasteiger charge is 2.44. The molecule has 114 valence electrons. The molecule has 2 rings (SSSR count). The van der Waals surface area contributed by atoms with E-state index >= 15 is 0 Å². The molecule has 5 heteroatoms. The van der Waals surface area contributed by atoms with Gasteiger partial charge in [0.2, 0.25) is 0 Å². The zero-order chi connectivity index (χ0) is 15.7. The molecule has 1 aromatic heterocycles.